The number of methoxy groups -OCH3 is 1. The van der Waals surface area contributed by atoms with Crippen LogP contribution in [0.4, 0.5) is 0 Å². The monoisotopic (exact) mass is 249 g/mol. The number of aryl methyl sites for hydroxylation is 2. The Balaban J connectivity index is 2.38. The zero-order valence-electron chi connectivity index (χ0n) is 10.1. The third-order valence-corrected chi connectivity index (χ3v) is 3.79. The molecule has 2 rings (SSSR count). The minimum atomic E-state index is -0.603. The smallest absolute Gasteiger partial charge is 0.119 e. The van der Waals surface area contributed by atoms with Crippen LogP contribution in [-0.2, 0) is 0 Å². The van der Waals surface area contributed by atoms with E-state index < -0.39 is 6.10 Å². The molecule has 1 aromatic carbocycles. The van der Waals surface area contributed by atoms with Crippen LogP contribution in [0.1, 0.15) is 27.8 Å². The normalized spacial score (nSPS) is 12.5. The van der Waals surface area contributed by atoms with Crippen LogP contribution in [0.15, 0.2) is 23.7 Å². The minimum absolute atomic E-state index is 0.603. The highest BCUT2D eigenvalue weighted by Gasteiger charge is 2.17. The maximum atomic E-state index is 10.3. The van der Waals surface area contributed by atoms with Gasteiger partial charge < -0.3 is 9.84 Å². The van der Waals surface area contributed by atoms with Gasteiger partial charge in [-0.1, -0.05) is 6.07 Å². The Morgan fingerprint density at radius 1 is 1.35 bits per heavy atom. The number of hydrogen-bond donors (Lipinski definition) is 1. The fourth-order valence-electron chi connectivity index (χ4n) is 1.80. The summed E-state index contributed by atoms with van der Waals surface area (Å²) in [4.78, 5) is 5.06. The third kappa shape index (κ3) is 2.33. The lowest BCUT2D eigenvalue weighted by Crippen LogP contribution is -2.02. The van der Waals surface area contributed by atoms with Crippen LogP contribution in [0.5, 0.6) is 5.75 Å². The van der Waals surface area contributed by atoms with Crippen molar-refractivity contribution in [3.05, 3.63) is 45.4 Å². The Labute approximate surface area is 105 Å². The summed E-state index contributed by atoms with van der Waals surface area (Å²) in [5.41, 5.74) is 4.56. The van der Waals surface area contributed by atoms with Crippen molar-refractivity contribution in [2.75, 3.05) is 7.11 Å². The van der Waals surface area contributed by atoms with E-state index in [0.29, 0.717) is 0 Å². The second-order valence-electron chi connectivity index (χ2n) is 3.93. The maximum Gasteiger partial charge on any atom is 0.119 e. The van der Waals surface area contributed by atoms with E-state index >= 15 is 0 Å². The Morgan fingerprint density at radius 2 is 2.12 bits per heavy atom. The van der Waals surface area contributed by atoms with Gasteiger partial charge in [0.1, 0.15) is 11.9 Å². The van der Waals surface area contributed by atoms with Crippen molar-refractivity contribution in [1.82, 2.24) is 4.98 Å². The van der Waals surface area contributed by atoms with Gasteiger partial charge in [-0.05, 0) is 37.1 Å². The van der Waals surface area contributed by atoms with E-state index in [4.69, 9.17) is 4.74 Å². The van der Waals surface area contributed by atoms with E-state index in [-0.39, 0.29) is 0 Å². The lowest BCUT2D eigenvalue weighted by atomic mass is 10.0. The van der Waals surface area contributed by atoms with Crippen LogP contribution in [0.2, 0.25) is 0 Å². The SMILES string of the molecule is COc1ccc(C(O)c2scnc2C)c(C)c1. The van der Waals surface area contributed by atoms with Crippen LogP contribution in [0.3, 0.4) is 0 Å². The zero-order valence-corrected chi connectivity index (χ0v) is 10.9. The number of ether oxygens (including phenoxy) is 1. The van der Waals surface area contributed by atoms with Crippen LogP contribution in [-0.4, -0.2) is 17.2 Å². The average Bonchev–Trinajstić information content (AvgIpc) is 2.74. The molecule has 3 nitrogen and oxygen atoms in total. The molecule has 0 amide bonds. The molecule has 0 bridgehead atoms. The molecule has 1 aromatic heterocycles. The molecule has 0 aliphatic heterocycles. The second kappa shape index (κ2) is 4.85. The fourth-order valence-corrected chi connectivity index (χ4v) is 2.60. The summed E-state index contributed by atoms with van der Waals surface area (Å²) in [5.74, 6) is 0.805. The molecule has 1 unspecified atom stereocenters. The predicted octanol–water partition coefficient (Wildman–Crippen LogP) is 2.85. The molecule has 0 radical (unpaired) electrons. The van der Waals surface area contributed by atoms with Gasteiger partial charge in [-0.15, -0.1) is 11.3 Å². The van der Waals surface area contributed by atoms with Gasteiger partial charge in [-0.25, -0.2) is 4.98 Å². The Bertz CT molecular complexity index is 522. The van der Waals surface area contributed by atoms with E-state index in [9.17, 15) is 5.11 Å². The van der Waals surface area contributed by atoms with Crippen molar-refractivity contribution in [3.8, 4) is 5.75 Å². The van der Waals surface area contributed by atoms with Gasteiger partial charge in [0.05, 0.1) is 23.2 Å². The van der Waals surface area contributed by atoms with E-state index in [2.05, 4.69) is 4.98 Å². The Hall–Kier alpha value is -1.39. The lowest BCUT2D eigenvalue weighted by Gasteiger charge is -2.13. The first-order chi connectivity index (χ1) is 8.13. The molecule has 0 spiro atoms. The lowest BCUT2D eigenvalue weighted by molar-refractivity contribution is 0.222. The largest absolute Gasteiger partial charge is 0.497 e. The topological polar surface area (TPSA) is 42.4 Å². The number of aromatic nitrogens is 1. The molecule has 0 aliphatic rings. The van der Waals surface area contributed by atoms with Gasteiger partial charge in [0.2, 0.25) is 0 Å². The first kappa shape index (κ1) is 12.1. The highest BCUT2D eigenvalue weighted by Crippen LogP contribution is 2.31. The van der Waals surface area contributed by atoms with Crippen LogP contribution >= 0.6 is 11.3 Å². The molecule has 2 aromatic rings. The van der Waals surface area contributed by atoms with Crippen molar-refractivity contribution in [2.24, 2.45) is 0 Å². The number of nitrogens with zero attached hydrogens (tertiary/aromatic N) is 1. The maximum absolute atomic E-state index is 10.3. The van der Waals surface area contributed by atoms with Crippen LogP contribution in [0, 0.1) is 13.8 Å². The average molecular weight is 249 g/mol. The molecule has 90 valence electrons. The number of aliphatic hydroxyl groups excluding tert-OH is 1. The van der Waals surface area contributed by atoms with Crippen LogP contribution < -0.4 is 4.74 Å². The number of benzene rings is 1. The van der Waals surface area contributed by atoms with Crippen molar-refractivity contribution in [1.29, 1.82) is 0 Å². The molecule has 0 saturated heterocycles. The molecule has 1 heterocycles. The summed E-state index contributed by atoms with van der Waals surface area (Å²) < 4.78 is 5.15. The number of aliphatic hydroxyl groups is 1. The number of hydrogen-bond acceptors (Lipinski definition) is 4. The van der Waals surface area contributed by atoms with E-state index in [1.807, 2.05) is 32.0 Å². The van der Waals surface area contributed by atoms with Crippen molar-refractivity contribution < 1.29 is 9.84 Å². The van der Waals surface area contributed by atoms with Gasteiger partial charge >= 0.3 is 0 Å². The molecule has 0 saturated carbocycles. The first-order valence-corrected chi connectivity index (χ1v) is 6.24. The van der Waals surface area contributed by atoms with E-state index in [0.717, 1.165) is 27.4 Å². The molecule has 17 heavy (non-hydrogen) atoms. The molecule has 0 aliphatic carbocycles. The quantitative estimate of drug-likeness (QED) is 0.909. The summed E-state index contributed by atoms with van der Waals surface area (Å²) in [6.45, 7) is 3.88. The first-order valence-electron chi connectivity index (χ1n) is 5.36. The molecule has 0 fully saturated rings. The van der Waals surface area contributed by atoms with Crippen molar-refractivity contribution in [2.45, 2.75) is 20.0 Å². The van der Waals surface area contributed by atoms with Crippen molar-refractivity contribution in [3.63, 3.8) is 0 Å². The standard InChI is InChI=1S/C13H15NO2S/c1-8-6-10(16-3)4-5-11(8)12(15)13-9(2)14-7-17-13/h4-7,12,15H,1-3H3. The molecule has 4 heteroatoms. The predicted molar refractivity (Wildman–Crippen MR) is 68.6 cm³/mol. The Kier molecular flexibility index (Phi) is 3.45. The van der Waals surface area contributed by atoms with Gasteiger partial charge in [0.15, 0.2) is 0 Å². The summed E-state index contributed by atoms with van der Waals surface area (Å²) in [7, 11) is 1.64. The number of rotatable bonds is 3. The Morgan fingerprint density at radius 3 is 2.65 bits per heavy atom. The van der Waals surface area contributed by atoms with Gasteiger partial charge in [0.25, 0.3) is 0 Å². The summed E-state index contributed by atoms with van der Waals surface area (Å²) in [6, 6.07) is 5.69. The van der Waals surface area contributed by atoms with E-state index in [1.54, 1.807) is 12.6 Å². The highest BCUT2D eigenvalue weighted by molar-refractivity contribution is 7.09. The zero-order chi connectivity index (χ0) is 12.4. The second-order valence-corrected chi connectivity index (χ2v) is 4.81. The third-order valence-electron chi connectivity index (χ3n) is 2.80. The van der Waals surface area contributed by atoms with Gasteiger partial charge in [-0.2, -0.15) is 0 Å². The van der Waals surface area contributed by atoms with Crippen molar-refractivity contribution >= 4 is 11.3 Å². The van der Waals surface area contributed by atoms with Gasteiger partial charge in [-0.3, -0.25) is 0 Å². The summed E-state index contributed by atoms with van der Waals surface area (Å²) in [5, 5.41) is 10.3. The molecule has 1 N–H and O–H groups in total. The summed E-state index contributed by atoms with van der Waals surface area (Å²) in [6.07, 6.45) is -0.603. The number of thiazole rings is 1. The summed E-state index contributed by atoms with van der Waals surface area (Å²) >= 11 is 1.48. The highest BCUT2D eigenvalue weighted by atomic mass is 32.1. The molecular formula is C13H15NO2S. The fraction of sp³-hybridized carbons (Fsp3) is 0.308. The van der Waals surface area contributed by atoms with Gasteiger partial charge in [0, 0.05) is 0 Å². The minimum Gasteiger partial charge on any atom is -0.497 e. The van der Waals surface area contributed by atoms with Crippen LogP contribution in [0.25, 0.3) is 0 Å². The molecular weight excluding hydrogens is 234 g/mol. The molecule has 1 atom stereocenters. The van der Waals surface area contributed by atoms with E-state index in [1.165, 1.54) is 11.3 Å².